The van der Waals surface area contributed by atoms with Crippen molar-refractivity contribution >= 4 is 0 Å². The van der Waals surface area contributed by atoms with Gasteiger partial charge in [-0.15, -0.1) is 0 Å². The van der Waals surface area contributed by atoms with E-state index in [1.54, 1.807) is 0 Å². The zero-order chi connectivity index (χ0) is 11.4. The Morgan fingerprint density at radius 1 is 1.31 bits per heavy atom. The Balaban J connectivity index is 2.13. The summed E-state index contributed by atoms with van der Waals surface area (Å²) in [5.41, 5.74) is 2.95. The number of benzene rings is 1. The van der Waals surface area contributed by atoms with Gasteiger partial charge in [-0.05, 0) is 49.8 Å². The van der Waals surface area contributed by atoms with Crippen LogP contribution in [0.25, 0.3) is 0 Å². The molecule has 16 heavy (non-hydrogen) atoms. The zero-order valence-corrected chi connectivity index (χ0v) is 10.5. The Hall–Kier alpha value is -0.820. The minimum atomic E-state index is 0.592. The van der Waals surface area contributed by atoms with Crippen molar-refractivity contribution in [3.63, 3.8) is 0 Å². The van der Waals surface area contributed by atoms with Gasteiger partial charge in [0.05, 0.1) is 0 Å². The van der Waals surface area contributed by atoms with E-state index >= 15 is 0 Å². The fraction of sp³-hybridized carbons (Fsp3) is 0.600. The summed E-state index contributed by atoms with van der Waals surface area (Å²) in [5.74, 6) is 0.868. The van der Waals surface area contributed by atoms with E-state index in [1.165, 1.54) is 36.8 Å². The van der Waals surface area contributed by atoms with E-state index in [2.05, 4.69) is 43.4 Å². The van der Waals surface area contributed by atoms with E-state index < -0.39 is 0 Å². The van der Waals surface area contributed by atoms with Crippen LogP contribution in [0, 0.1) is 12.8 Å². The minimum Gasteiger partial charge on any atom is -0.310 e. The van der Waals surface area contributed by atoms with E-state index in [1.807, 2.05) is 0 Å². The van der Waals surface area contributed by atoms with Crippen LogP contribution in [0.15, 0.2) is 24.3 Å². The molecule has 1 aliphatic rings. The number of nitrogens with one attached hydrogen (secondary N) is 1. The molecule has 1 fully saturated rings. The third-order valence-electron chi connectivity index (χ3n) is 3.76. The molecule has 2 rings (SSSR count). The second-order valence-corrected chi connectivity index (χ2v) is 4.98. The molecule has 88 valence electrons. The van der Waals surface area contributed by atoms with Gasteiger partial charge >= 0.3 is 0 Å². The van der Waals surface area contributed by atoms with Gasteiger partial charge in [-0.2, -0.15) is 0 Å². The lowest BCUT2D eigenvalue weighted by Crippen LogP contribution is -2.33. The van der Waals surface area contributed by atoms with Crippen molar-refractivity contribution in [2.45, 2.75) is 45.6 Å². The van der Waals surface area contributed by atoms with E-state index in [9.17, 15) is 0 Å². The van der Waals surface area contributed by atoms with Crippen LogP contribution in [0.4, 0.5) is 0 Å². The van der Waals surface area contributed by atoms with Crippen molar-refractivity contribution in [2.75, 3.05) is 6.54 Å². The van der Waals surface area contributed by atoms with Crippen molar-refractivity contribution in [1.29, 1.82) is 0 Å². The molecule has 1 N–H and O–H groups in total. The van der Waals surface area contributed by atoms with E-state index in [0.29, 0.717) is 6.04 Å². The first-order valence-corrected chi connectivity index (χ1v) is 6.62. The van der Waals surface area contributed by atoms with Crippen LogP contribution in [-0.4, -0.2) is 6.54 Å². The van der Waals surface area contributed by atoms with Gasteiger partial charge in [0.2, 0.25) is 0 Å². The lowest BCUT2D eigenvalue weighted by Gasteiger charge is -2.35. The Bertz CT molecular complexity index is 328. The maximum absolute atomic E-state index is 3.73. The summed E-state index contributed by atoms with van der Waals surface area (Å²) in [6.45, 7) is 5.60. The van der Waals surface area contributed by atoms with Crippen LogP contribution in [0.2, 0.25) is 0 Å². The summed E-state index contributed by atoms with van der Waals surface area (Å²) in [7, 11) is 0. The molecule has 0 amide bonds. The molecule has 0 aliphatic heterocycles. The first-order valence-electron chi connectivity index (χ1n) is 6.62. The molecule has 0 saturated heterocycles. The summed E-state index contributed by atoms with van der Waals surface area (Å²) in [6, 6.07) is 9.42. The van der Waals surface area contributed by atoms with Crippen LogP contribution < -0.4 is 5.32 Å². The first-order chi connectivity index (χ1) is 7.83. The van der Waals surface area contributed by atoms with Crippen LogP contribution in [0.1, 0.15) is 49.8 Å². The molecule has 0 aromatic heterocycles. The topological polar surface area (TPSA) is 12.0 Å². The van der Waals surface area contributed by atoms with Gasteiger partial charge in [0.25, 0.3) is 0 Å². The Labute approximate surface area is 99.3 Å². The molecule has 1 saturated carbocycles. The van der Waals surface area contributed by atoms with Crippen LogP contribution >= 0.6 is 0 Å². The van der Waals surface area contributed by atoms with E-state index in [-0.39, 0.29) is 0 Å². The second kappa shape index (κ2) is 5.49. The maximum atomic E-state index is 3.73. The molecular weight excluding hydrogens is 194 g/mol. The summed E-state index contributed by atoms with van der Waals surface area (Å²) in [6.07, 6.45) is 5.43. The van der Waals surface area contributed by atoms with Crippen molar-refractivity contribution in [1.82, 2.24) is 5.32 Å². The molecule has 0 spiro atoms. The highest BCUT2D eigenvalue weighted by atomic mass is 14.9. The zero-order valence-electron chi connectivity index (χ0n) is 10.5. The van der Waals surface area contributed by atoms with Gasteiger partial charge in [0.15, 0.2) is 0 Å². The molecule has 0 heterocycles. The predicted molar refractivity (Wildman–Crippen MR) is 69.6 cm³/mol. The van der Waals surface area contributed by atoms with Gasteiger partial charge < -0.3 is 5.32 Å². The summed E-state index contributed by atoms with van der Waals surface area (Å²) in [4.78, 5) is 0. The highest BCUT2D eigenvalue weighted by molar-refractivity contribution is 5.29. The molecule has 0 bridgehead atoms. The Morgan fingerprint density at radius 2 is 2.06 bits per heavy atom. The Kier molecular flexibility index (Phi) is 4.00. The summed E-state index contributed by atoms with van der Waals surface area (Å²) in [5, 5.41) is 3.73. The summed E-state index contributed by atoms with van der Waals surface area (Å²) < 4.78 is 0. The fourth-order valence-electron chi connectivity index (χ4n) is 2.54. The van der Waals surface area contributed by atoms with Gasteiger partial charge in [-0.3, -0.25) is 0 Å². The lowest BCUT2D eigenvalue weighted by atomic mass is 9.76. The van der Waals surface area contributed by atoms with Gasteiger partial charge in [-0.1, -0.05) is 37.6 Å². The molecule has 1 atom stereocenters. The quantitative estimate of drug-likeness (QED) is 0.790. The third kappa shape index (κ3) is 2.46. The Morgan fingerprint density at radius 3 is 2.62 bits per heavy atom. The largest absolute Gasteiger partial charge is 0.310 e. The molecule has 1 heteroatoms. The highest BCUT2D eigenvalue weighted by Crippen LogP contribution is 2.38. The second-order valence-electron chi connectivity index (χ2n) is 4.98. The monoisotopic (exact) mass is 217 g/mol. The highest BCUT2D eigenvalue weighted by Gasteiger charge is 2.28. The number of rotatable bonds is 5. The number of aryl methyl sites for hydroxylation is 1. The number of hydrogen-bond acceptors (Lipinski definition) is 1. The van der Waals surface area contributed by atoms with Crippen LogP contribution in [-0.2, 0) is 0 Å². The molecule has 0 radical (unpaired) electrons. The van der Waals surface area contributed by atoms with Gasteiger partial charge in [0.1, 0.15) is 0 Å². The molecule has 1 nitrogen and oxygen atoms in total. The smallest absolute Gasteiger partial charge is 0.0351 e. The molecular formula is C15H23N. The van der Waals surface area contributed by atoms with E-state index in [0.717, 1.165) is 12.5 Å². The lowest BCUT2D eigenvalue weighted by molar-refractivity contribution is 0.230. The molecule has 1 aromatic rings. The molecule has 1 aliphatic carbocycles. The normalized spacial score (nSPS) is 18.1. The number of hydrogen-bond donors (Lipinski definition) is 1. The van der Waals surface area contributed by atoms with Crippen molar-refractivity contribution in [3.8, 4) is 0 Å². The predicted octanol–water partition coefficient (Wildman–Crippen LogP) is 3.84. The fourth-order valence-corrected chi connectivity index (χ4v) is 2.54. The summed E-state index contributed by atoms with van der Waals surface area (Å²) >= 11 is 0. The van der Waals surface area contributed by atoms with Crippen LogP contribution in [0.5, 0.6) is 0 Å². The van der Waals surface area contributed by atoms with Crippen molar-refractivity contribution < 1.29 is 0 Å². The third-order valence-corrected chi connectivity index (χ3v) is 3.76. The minimum absolute atomic E-state index is 0.592. The average molecular weight is 217 g/mol. The van der Waals surface area contributed by atoms with Crippen molar-refractivity contribution in [3.05, 3.63) is 35.4 Å². The molecule has 1 unspecified atom stereocenters. The SMILES string of the molecule is CCCNC(c1ccccc1C)C1CCC1. The van der Waals surface area contributed by atoms with Crippen LogP contribution in [0.3, 0.4) is 0 Å². The van der Waals surface area contributed by atoms with Gasteiger partial charge in [0, 0.05) is 6.04 Å². The molecule has 1 aromatic carbocycles. The van der Waals surface area contributed by atoms with E-state index in [4.69, 9.17) is 0 Å². The van der Waals surface area contributed by atoms with Gasteiger partial charge in [-0.25, -0.2) is 0 Å². The standard InChI is InChI=1S/C15H23N/c1-3-11-16-15(13-8-6-9-13)14-10-5-4-7-12(14)2/h4-5,7,10,13,15-16H,3,6,8-9,11H2,1-2H3. The average Bonchev–Trinajstić information content (AvgIpc) is 2.22. The maximum Gasteiger partial charge on any atom is 0.0351 e. The van der Waals surface area contributed by atoms with Crippen molar-refractivity contribution in [2.24, 2.45) is 5.92 Å². The first kappa shape index (κ1) is 11.7.